The Kier molecular flexibility index (Phi) is 7.82. The predicted molar refractivity (Wildman–Crippen MR) is 142 cm³/mol. The third-order valence-electron chi connectivity index (χ3n) is 7.99. The quantitative estimate of drug-likeness (QED) is 0.334. The van der Waals surface area contributed by atoms with Gasteiger partial charge in [-0.15, -0.1) is 11.8 Å². The molecule has 0 aliphatic carbocycles. The van der Waals surface area contributed by atoms with E-state index in [1.807, 2.05) is 6.92 Å². The number of aliphatic carboxylic acids is 1. The first-order valence-electron chi connectivity index (χ1n) is 12.4. The van der Waals surface area contributed by atoms with E-state index in [0.29, 0.717) is 24.4 Å². The van der Waals surface area contributed by atoms with Gasteiger partial charge in [0.05, 0.1) is 18.1 Å². The number of amides is 1. The van der Waals surface area contributed by atoms with Crippen LogP contribution in [0.2, 0.25) is 0 Å². The second-order valence-electron chi connectivity index (χ2n) is 10.6. The molecule has 10 nitrogen and oxygen atoms in total. The summed E-state index contributed by atoms with van der Waals surface area (Å²) in [6, 6.07) is 3.79. The Hall–Kier alpha value is -1.96. The van der Waals surface area contributed by atoms with E-state index in [-0.39, 0.29) is 41.4 Å². The molecular weight excluding hydrogens is 516 g/mol. The number of fused-ring (bicyclic) bond motifs is 1. The average Bonchev–Trinajstić information content (AvgIpc) is 3.26. The highest BCUT2D eigenvalue weighted by Gasteiger charge is 2.60. The summed E-state index contributed by atoms with van der Waals surface area (Å²) < 4.78 is 25.6. The normalized spacial score (nSPS) is 29.0. The van der Waals surface area contributed by atoms with Gasteiger partial charge in [0.15, 0.2) is 0 Å². The molecule has 0 unspecified atom stereocenters. The molecule has 12 heteroatoms. The van der Waals surface area contributed by atoms with E-state index in [0.717, 1.165) is 5.56 Å². The minimum atomic E-state index is -3.86. The zero-order chi connectivity index (χ0) is 27.4. The Bertz CT molecular complexity index is 1220. The molecule has 1 amide bonds. The maximum Gasteiger partial charge on any atom is 0.353 e. The molecule has 4 rings (SSSR count). The maximum atomic E-state index is 12.7. The van der Waals surface area contributed by atoms with Crippen LogP contribution in [0.15, 0.2) is 22.7 Å². The molecule has 2 saturated heterocycles. The number of benzene rings is 1. The van der Waals surface area contributed by atoms with Gasteiger partial charge in [-0.25, -0.2) is 14.7 Å². The first-order chi connectivity index (χ1) is 17.2. The standard InChI is InChI=1S/C25H36N4O6S2/c1-12-6-17(7-13(2)14(12)3)10-28-11-19(8-18(28)9-27-37(26,34)35)36-23-15(4)21-20(16(5)30)24(31)29(21)22(23)25(32)33/h6-7,15-16,18-21,27,30H,8-11H2,1-5H3,(H,32,33)(H2,26,34,35)/t15-,16-,18+,19+,20-,21-/m1/s1. The molecule has 0 aromatic heterocycles. The van der Waals surface area contributed by atoms with Crippen LogP contribution >= 0.6 is 11.8 Å². The van der Waals surface area contributed by atoms with Crippen molar-refractivity contribution in [1.29, 1.82) is 0 Å². The van der Waals surface area contributed by atoms with E-state index < -0.39 is 28.2 Å². The average molecular weight is 553 g/mol. The lowest BCUT2D eigenvalue weighted by atomic mass is 9.79. The molecule has 3 aliphatic rings. The topological polar surface area (TPSA) is 153 Å². The summed E-state index contributed by atoms with van der Waals surface area (Å²) in [4.78, 5) is 29.0. The minimum absolute atomic E-state index is 0.00634. The second kappa shape index (κ2) is 10.3. The highest BCUT2D eigenvalue weighted by Crippen LogP contribution is 2.52. The summed E-state index contributed by atoms with van der Waals surface area (Å²) in [5.41, 5.74) is 4.76. The summed E-state index contributed by atoms with van der Waals surface area (Å²) in [5.74, 6) is -2.33. The van der Waals surface area contributed by atoms with Gasteiger partial charge in [-0.1, -0.05) is 19.1 Å². The Labute approximate surface area is 222 Å². The van der Waals surface area contributed by atoms with Crippen LogP contribution in [0.25, 0.3) is 0 Å². The van der Waals surface area contributed by atoms with E-state index in [4.69, 9.17) is 5.14 Å². The smallest absolute Gasteiger partial charge is 0.353 e. The van der Waals surface area contributed by atoms with E-state index >= 15 is 0 Å². The number of carboxylic acid groups (broad SMARTS) is 1. The Morgan fingerprint density at radius 1 is 1.27 bits per heavy atom. The number of carboxylic acids is 1. The van der Waals surface area contributed by atoms with Crippen LogP contribution in [0.5, 0.6) is 0 Å². The molecule has 1 aromatic rings. The third kappa shape index (κ3) is 5.45. The minimum Gasteiger partial charge on any atom is -0.477 e. The van der Waals surface area contributed by atoms with Crippen molar-refractivity contribution in [1.82, 2.24) is 14.5 Å². The molecule has 1 aromatic carbocycles. The fraction of sp³-hybridized carbons (Fsp3) is 0.600. The fourth-order valence-electron chi connectivity index (χ4n) is 5.95. The molecule has 6 atom stereocenters. The van der Waals surface area contributed by atoms with Gasteiger partial charge in [0.1, 0.15) is 5.70 Å². The summed E-state index contributed by atoms with van der Waals surface area (Å²) in [7, 11) is -3.86. The van der Waals surface area contributed by atoms with Gasteiger partial charge in [0.25, 0.3) is 10.2 Å². The molecule has 5 N–H and O–H groups in total. The highest BCUT2D eigenvalue weighted by atomic mass is 32.2. The summed E-state index contributed by atoms with van der Waals surface area (Å²) in [6.07, 6.45) is -0.230. The van der Waals surface area contributed by atoms with Crippen LogP contribution < -0.4 is 9.86 Å². The summed E-state index contributed by atoms with van der Waals surface area (Å²) >= 11 is 1.46. The van der Waals surface area contributed by atoms with Crippen LogP contribution in [-0.2, 0) is 26.3 Å². The van der Waals surface area contributed by atoms with Gasteiger partial charge >= 0.3 is 5.97 Å². The lowest BCUT2D eigenvalue weighted by Crippen LogP contribution is -2.63. The lowest BCUT2D eigenvalue weighted by Gasteiger charge is -2.46. The molecule has 204 valence electrons. The van der Waals surface area contributed by atoms with Gasteiger partial charge < -0.3 is 15.1 Å². The zero-order valence-electron chi connectivity index (χ0n) is 21.8. The predicted octanol–water partition coefficient (Wildman–Crippen LogP) is 1.23. The van der Waals surface area contributed by atoms with Crippen LogP contribution in [0.3, 0.4) is 0 Å². The van der Waals surface area contributed by atoms with Gasteiger partial charge in [0.2, 0.25) is 5.91 Å². The number of carbonyl (C=O) groups excluding carboxylic acids is 1. The number of hydrogen-bond donors (Lipinski definition) is 4. The van der Waals surface area contributed by atoms with Crippen molar-refractivity contribution in [2.24, 2.45) is 17.0 Å². The number of nitrogens with one attached hydrogen (secondary N) is 1. The number of nitrogens with two attached hydrogens (primary N) is 1. The molecular formula is C25H36N4O6S2. The summed E-state index contributed by atoms with van der Waals surface area (Å²) in [6.45, 7) is 11.1. The number of thioether (sulfide) groups is 1. The zero-order valence-corrected chi connectivity index (χ0v) is 23.4. The molecule has 3 aliphatic heterocycles. The number of nitrogens with zero attached hydrogens (tertiary/aromatic N) is 2. The number of hydrogen-bond acceptors (Lipinski definition) is 7. The molecule has 0 radical (unpaired) electrons. The van der Waals surface area contributed by atoms with Crippen LogP contribution in [0.4, 0.5) is 0 Å². The fourth-order valence-corrected chi connectivity index (χ4v) is 7.97. The Morgan fingerprint density at radius 3 is 2.43 bits per heavy atom. The number of carbonyl (C=O) groups is 2. The van der Waals surface area contributed by atoms with Gasteiger partial charge in [-0.2, -0.15) is 8.42 Å². The Morgan fingerprint density at radius 2 is 1.89 bits per heavy atom. The van der Waals surface area contributed by atoms with Crippen LogP contribution in [0, 0.1) is 32.6 Å². The van der Waals surface area contributed by atoms with Gasteiger partial charge in [-0.05, 0) is 56.4 Å². The van der Waals surface area contributed by atoms with Crippen molar-refractivity contribution in [3.05, 3.63) is 45.0 Å². The molecule has 0 spiro atoms. The highest BCUT2D eigenvalue weighted by molar-refractivity contribution is 8.03. The van der Waals surface area contributed by atoms with Crippen molar-refractivity contribution in [2.75, 3.05) is 13.1 Å². The van der Waals surface area contributed by atoms with Crippen molar-refractivity contribution >= 4 is 33.8 Å². The van der Waals surface area contributed by atoms with Crippen molar-refractivity contribution in [3.8, 4) is 0 Å². The second-order valence-corrected chi connectivity index (χ2v) is 13.3. The van der Waals surface area contributed by atoms with E-state index in [1.165, 1.54) is 33.4 Å². The number of β-lactam (4-membered cyclic amide) rings is 1. The first kappa shape index (κ1) is 28.1. The Balaban J connectivity index is 1.57. The number of likely N-dealkylation sites (tertiary alicyclic amines) is 1. The van der Waals surface area contributed by atoms with Crippen LogP contribution in [-0.4, -0.2) is 76.8 Å². The van der Waals surface area contributed by atoms with Crippen molar-refractivity contribution < 1.29 is 28.2 Å². The number of aryl methyl sites for hydroxylation is 2. The number of aliphatic hydroxyl groups is 1. The largest absolute Gasteiger partial charge is 0.477 e. The van der Waals surface area contributed by atoms with Gasteiger partial charge in [0, 0.05) is 41.7 Å². The molecule has 2 fully saturated rings. The van der Waals surface area contributed by atoms with Gasteiger partial charge in [-0.3, -0.25) is 9.69 Å². The van der Waals surface area contributed by atoms with Crippen LogP contribution in [0.1, 0.15) is 42.5 Å². The first-order valence-corrected chi connectivity index (χ1v) is 14.9. The molecule has 37 heavy (non-hydrogen) atoms. The number of aliphatic hydroxyl groups excluding tert-OH is 1. The molecule has 3 heterocycles. The van der Waals surface area contributed by atoms with Crippen molar-refractivity contribution in [3.63, 3.8) is 0 Å². The third-order valence-corrected chi connectivity index (χ3v) is 10.0. The molecule has 0 saturated carbocycles. The van der Waals surface area contributed by atoms with Crippen molar-refractivity contribution in [2.45, 2.75) is 71.0 Å². The number of rotatable bonds is 9. The molecule has 0 bridgehead atoms. The monoisotopic (exact) mass is 552 g/mol. The maximum absolute atomic E-state index is 12.7. The SMILES string of the molecule is Cc1cc(CN2C[C@@H](SC3=C(C(=O)O)N4C(=O)[C@H]([C@@H](C)O)[C@H]4[C@H]3C)C[C@H]2CNS(N)(=O)=O)cc(C)c1C. The lowest BCUT2D eigenvalue weighted by molar-refractivity contribution is -0.163. The summed E-state index contributed by atoms with van der Waals surface area (Å²) in [5, 5.41) is 25.2. The van der Waals surface area contributed by atoms with E-state index in [2.05, 4.69) is 42.5 Å². The van der Waals surface area contributed by atoms with E-state index in [1.54, 1.807) is 6.92 Å². The van der Waals surface area contributed by atoms with E-state index in [9.17, 15) is 28.2 Å².